The molecule has 0 spiro atoms. The van der Waals surface area contributed by atoms with Crippen LogP contribution in [0, 0.1) is 5.92 Å². The van der Waals surface area contributed by atoms with Crippen LogP contribution in [0.1, 0.15) is 86.3 Å². The molecule has 2 aromatic rings. The largest absolute Gasteiger partial charge is 0.467 e. The number of nitrogens with one attached hydrogen (secondary N) is 2. The number of benzene rings is 2. The van der Waals surface area contributed by atoms with Crippen molar-refractivity contribution in [2.24, 2.45) is 5.92 Å². The molecule has 58 heavy (non-hydrogen) atoms. The highest BCUT2D eigenvalue weighted by atomic mass is 16.6. The van der Waals surface area contributed by atoms with Crippen LogP contribution < -0.4 is 10.6 Å². The first-order valence-corrected chi connectivity index (χ1v) is 19.5. The van der Waals surface area contributed by atoms with Gasteiger partial charge in [0.15, 0.2) is 0 Å². The van der Waals surface area contributed by atoms with Crippen LogP contribution in [0.5, 0.6) is 0 Å². The van der Waals surface area contributed by atoms with E-state index in [-0.39, 0.29) is 44.7 Å². The van der Waals surface area contributed by atoms with Crippen molar-refractivity contribution in [3.8, 4) is 0 Å². The molecule has 3 N–H and O–H groups in total. The Morgan fingerprint density at radius 1 is 0.603 bits per heavy atom. The molecule has 328 valence electrons. The van der Waals surface area contributed by atoms with Crippen LogP contribution in [0.25, 0.3) is 0 Å². The fraction of sp³-hybridized carbons (Fsp3) is 0.628. The zero-order valence-corrected chi connectivity index (χ0v) is 36.2. The van der Waals surface area contributed by atoms with Gasteiger partial charge in [-0.3, -0.25) is 0 Å². The lowest BCUT2D eigenvalue weighted by Crippen LogP contribution is -2.44. The summed E-state index contributed by atoms with van der Waals surface area (Å²) in [5.74, 6) is -0.859. The minimum atomic E-state index is -0.898. The Bertz CT molecular complexity index is 1330. The minimum Gasteiger partial charge on any atom is -0.467 e. The maximum absolute atomic E-state index is 11.9. The van der Waals surface area contributed by atoms with Crippen molar-refractivity contribution in [3.05, 3.63) is 71.8 Å². The normalized spacial score (nSPS) is 14.1. The number of esters is 2. The van der Waals surface area contributed by atoms with Crippen LogP contribution in [0.4, 0.5) is 9.59 Å². The molecule has 0 unspecified atom stereocenters. The maximum Gasteiger partial charge on any atom is 0.408 e. The van der Waals surface area contributed by atoms with Crippen molar-refractivity contribution in [2.75, 3.05) is 40.6 Å². The zero-order valence-electron chi connectivity index (χ0n) is 36.2. The number of aliphatic hydroxyl groups excluding tert-OH is 1. The van der Waals surface area contributed by atoms with Crippen molar-refractivity contribution < 1.29 is 62.2 Å². The van der Waals surface area contributed by atoms with Crippen molar-refractivity contribution in [3.63, 3.8) is 0 Å². The quantitative estimate of drug-likeness (QED) is 0.0701. The summed E-state index contributed by atoms with van der Waals surface area (Å²) in [7, 11) is 2.52. The van der Waals surface area contributed by atoms with Crippen molar-refractivity contribution in [1.29, 1.82) is 0 Å². The molecule has 2 amide bonds. The van der Waals surface area contributed by atoms with E-state index < -0.39 is 59.6 Å². The lowest BCUT2D eigenvalue weighted by Gasteiger charge is -2.24. The van der Waals surface area contributed by atoms with E-state index >= 15 is 0 Å². The van der Waals surface area contributed by atoms with Crippen LogP contribution in [0.3, 0.4) is 0 Å². The smallest absolute Gasteiger partial charge is 0.408 e. The molecule has 0 bridgehead atoms. The number of hydrogen-bond acceptors (Lipinski definition) is 13. The molecule has 0 fully saturated rings. The van der Waals surface area contributed by atoms with Gasteiger partial charge in [0.2, 0.25) is 0 Å². The van der Waals surface area contributed by atoms with E-state index in [2.05, 4.69) is 24.5 Å². The molecule has 5 atom stereocenters. The van der Waals surface area contributed by atoms with Gasteiger partial charge < -0.3 is 53.6 Å². The van der Waals surface area contributed by atoms with Gasteiger partial charge in [-0.15, -0.1) is 0 Å². The first kappa shape index (κ1) is 51.7. The number of rotatable bonds is 22. The third kappa shape index (κ3) is 24.5. The van der Waals surface area contributed by atoms with Crippen molar-refractivity contribution >= 4 is 24.1 Å². The SMILES string of the molecule is COC(=O)[C@H](CCOC[C@@H](OCc1ccccc1)C(C)C)NC(=O)OC(C)(C)C.COC(=O)[C@H](CCOC[C@@H](OCc1ccccc1)[C@H](C)O)NC(=O)OC(C)(C)C. The molecule has 0 aromatic heterocycles. The van der Waals surface area contributed by atoms with E-state index in [1.54, 1.807) is 48.5 Å². The molecule has 0 saturated heterocycles. The summed E-state index contributed by atoms with van der Waals surface area (Å²) < 4.78 is 42.8. The Labute approximate surface area is 344 Å². The Kier molecular flexibility index (Phi) is 24.5. The van der Waals surface area contributed by atoms with Gasteiger partial charge in [-0.1, -0.05) is 74.5 Å². The van der Waals surface area contributed by atoms with Crippen LogP contribution in [0.15, 0.2) is 60.7 Å². The molecular weight excluding hydrogens is 752 g/mol. The highest BCUT2D eigenvalue weighted by Gasteiger charge is 2.27. The van der Waals surface area contributed by atoms with Gasteiger partial charge in [0.1, 0.15) is 29.4 Å². The topological polar surface area (TPSA) is 186 Å². The van der Waals surface area contributed by atoms with Crippen LogP contribution in [-0.2, 0) is 60.7 Å². The second-order valence-electron chi connectivity index (χ2n) is 15.8. The van der Waals surface area contributed by atoms with Gasteiger partial charge in [-0.25, -0.2) is 19.2 Å². The average Bonchev–Trinajstić information content (AvgIpc) is 3.14. The fourth-order valence-electron chi connectivity index (χ4n) is 4.80. The molecule has 0 aliphatic carbocycles. The number of aliphatic hydroxyl groups is 1. The standard InChI is InChI=1S/C22H35NO6.C21H33NO7/c1-16(2)19(28-14-17-10-8-7-9-11-17)15-27-13-12-18(20(24)26-6)23-21(25)29-22(3,4)5;1-15(23)18(28-13-16-9-7-6-8-10-16)14-27-12-11-17(19(24)26-5)22-20(25)29-21(2,3)4/h7-11,16,18-19H,12-15H2,1-6H3,(H,23,25);6-10,15,17-18,23H,11-14H2,1-5H3,(H,22,25)/t18-,19+;15-,17-,18+/m00/s1. The van der Waals surface area contributed by atoms with Gasteiger partial charge in [0.05, 0.1) is 52.9 Å². The van der Waals surface area contributed by atoms with Crippen LogP contribution in [0.2, 0.25) is 0 Å². The van der Waals surface area contributed by atoms with Gasteiger partial charge in [-0.2, -0.15) is 0 Å². The zero-order chi connectivity index (χ0) is 43.7. The summed E-state index contributed by atoms with van der Waals surface area (Å²) >= 11 is 0. The molecule has 15 nitrogen and oxygen atoms in total. The van der Waals surface area contributed by atoms with Gasteiger partial charge in [0.25, 0.3) is 0 Å². The predicted octanol–water partition coefficient (Wildman–Crippen LogP) is 6.13. The minimum absolute atomic E-state index is 0.0782. The Balaban J connectivity index is 0.000000580. The highest BCUT2D eigenvalue weighted by molar-refractivity contribution is 5.82. The summed E-state index contributed by atoms with van der Waals surface area (Å²) in [6.45, 7) is 18.1. The average molecular weight is 821 g/mol. The lowest BCUT2D eigenvalue weighted by molar-refractivity contribution is -0.144. The van der Waals surface area contributed by atoms with Crippen molar-refractivity contribution in [1.82, 2.24) is 10.6 Å². The number of methoxy groups -OCH3 is 2. The van der Waals surface area contributed by atoms with Gasteiger partial charge in [-0.05, 0) is 65.5 Å². The Hall–Kier alpha value is -4.28. The van der Waals surface area contributed by atoms with E-state index in [4.69, 9.17) is 37.9 Å². The lowest BCUT2D eigenvalue weighted by atomic mass is 10.1. The second kappa shape index (κ2) is 27.4. The summed E-state index contributed by atoms with van der Waals surface area (Å²) in [5, 5.41) is 14.9. The summed E-state index contributed by atoms with van der Waals surface area (Å²) in [4.78, 5) is 47.7. The number of ether oxygens (including phenoxy) is 8. The van der Waals surface area contributed by atoms with Gasteiger partial charge >= 0.3 is 24.1 Å². The molecule has 0 aliphatic rings. The third-order valence-electron chi connectivity index (χ3n) is 7.91. The molecule has 2 rings (SSSR count). The highest BCUT2D eigenvalue weighted by Crippen LogP contribution is 2.13. The third-order valence-corrected chi connectivity index (χ3v) is 7.91. The number of amides is 2. The monoisotopic (exact) mass is 820 g/mol. The van der Waals surface area contributed by atoms with E-state index in [1.807, 2.05) is 60.7 Å². The first-order valence-electron chi connectivity index (χ1n) is 19.5. The van der Waals surface area contributed by atoms with Crippen LogP contribution >= 0.6 is 0 Å². The molecule has 2 aromatic carbocycles. The van der Waals surface area contributed by atoms with Crippen molar-refractivity contribution in [2.45, 2.75) is 130 Å². The van der Waals surface area contributed by atoms with Gasteiger partial charge in [0, 0.05) is 26.1 Å². The molecule has 0 aliphatic heterocycles. The second-order valence-corrected chi connectivity index (χ2v) is 15.8. The van der Waals surface area contributed by atoms with E-state index in [9.17, 15) is 24.3 Å². The van der Waals surface area contributed by atoms with E-state index in [0.29, 0.717) is 19.8 Å². The molecule has 0 radical (unpaired) electrons. The Morgan fingerprint density at radius 3 is 1.29 bits per heavy atom. The summed E-state index contributed by atoms with van der Waals surface area (Å²) in [6.07, 6.45) is -2.24. The number of alkyl carbamates (subject to hydrolysis) is 2. The number of carbonyl (C=O) groups is 4. The molecular formula is C43H68N2O13. The maximum atomic E-state index is 11.9. The first-order chi connectivity index (χ1) is 27.2. The summed E-state index contributed by atoms with van der Waals surface area (Å²) in [6, 6.07) is 17.8. The fourth-order valence-corrected chi connectivity index (χ4v) is 4.80. The van der Waals surface area contributed by atoms with E-state index in [0.717, 1.165) is 11.1 Å². The number of carbonyl (C=O) groups excluding carboxylic acids is 4. The number of hydrogen-bond donors (Lipinski definition) is 3. The predicted molar refractivity (Wildman–Crippen MR) is 218 cm³/mol. The molecule has 0 saturated carbocycles. The molecule has 0 heterocycles. The summed E-state index contributed by atoms with van der Waals surface area (Å²) in [5.41, 5.74) is 0.764. The Morgan fingerprint density at radius 2 is 0.966 bits per heavy atom. The van der Waals surface area contributed by atoms with Crippen LogP contribution in [-0.4, -0.2) is 111 Å². The molecule has 15 heteroatoms. The van der Waals surface area contributed by atoms with E-state index in [1.165, 1.54) is 14.2 Å².